The highest BCUT2D eigenvalue weighted by Crippen LogP contribution is 2.36. The summed E-state index contributed by atoms with van der Waals surface area (Å²) in [5.74, 6) is -0.209. The molecule has 0 aliphatic carbocycles. The topological polar surface area (TPSA) is 82.2 Å². The Morgan fingerprint density at radius 3 is 2.62 bits per heavy atom. The molecule has 2 atom stereocenters. The van der Waals surface area contributed by atoms with Gasteiger partial charge in [-0.2, -0.15) is 0 Å². The van der Waals surface area contributed by atoms with Crippen LogP contribution in [0.5, 0.6) is 5.75 Å². The van der Waals surface area contributed by atoms with Crippen molar-refractivity contribution in [2.75, 3.05) is 38.2 Å². The number of carbonyl (C=O) groups is 3. The van der Waals surface area contributed by atoms with Crippen LogP contribution in [0.15, 0.2) is 42.5 Å². The Morgan fingerprint density at radius 2 is 1.95 bits per heavy atom. The molecule has 3 amide bonds. The standard InChI is InChI=1S/C27H32F2N4O4/c1-3-4-23(26(35)30-17-34)31(2)27(36)20-9-10-22-24(13-20)37-16-21-15-32(11-12-33(21)22)14-18-5-7-19(8-6-18)25(28)29/h5-10,13,17,21,23,25H,3-4,11-12,14-16H2,1-2H3,(H,30,34,35). The summed E-state index contributed by atoms with van der Waals surface area (Å²) in [5, 5.41) is 2.15. The first-order valence-electron chi connectivity index (χ1n) is 12.5. The number of imide groups is 1. The number of anilines is 1. The Hall–Kier alpha value is -3.53. The van der Waals surface area contributed by atoms with Crippen LogP contribution in [0.4, 0.5) is 14.5 Å². The number of rotatable bonds is 9. The zero-order valence-electron chi connectivity index (χ0n) is 21.0. The highest BCUT2D eigenvalue weighted by molar-refractivity contribution is 5.99. The summed E-state index contributed by atoms with van der Waals surface area (Å²) in [5.41, 5.74) is 2.34. The van der Waals surface area contributed by atoms with Crippen LogP contribution in [0.1, 0.15) is 47.7 Å². The maximum atomic E-state index is 13.2. The van der Waals surface area contributed by atoms with E-state index >= 15 is 0 Å². The van der Waals surface area contributed by atoms with Gasteiger partial charge >= 0.3 is 0 Å². The van der Waals surface area contributed by atoms with Crippen molar-refractivity contribution in [2.45, 2.75) is 44.8 Å². The van der Waals surface area contributed by atoms with E-state index in [2.05, 4.69) is 15.1 Å². The summed E-state index contributed by atoms with van der Waals surface area (Å²) in [7, 11) is 1.56. The molecule has 198 valence electrons. The molecule has 0 spiro atoms. The SMILES string of the molecule is CCCC(C(=O)NC=O)N(C)C(=O)c1ccc2c(c1)OCC1CN(Cc3ccc(C(F)F)cc3)CCN21. The maximum absolute atomic E-state index is 13.2. The van der Waals surface area contributed by atoms with Gasteiger partial charge in [-0.05, 0) is 30.2 Å². The van der Waals surface area contributed by atoms with Gasteiger partial charge in [0.1, 0.15) is 18.4 Å². The van der Waals surface area contributed by atoms with Crippen LogP contribution in [-0.2, 0) is 16.1 Å². The third kappa shape index (κ3) is 5.90. The van der Waals surface area contributed by atoms with Crippen molar-refractivity contribution in [3.63, 3.8) is 0 Å². The number of alkyl halides is 2. The second kappa shape index (κ2) is 11.7. The molecule has 2 aliphatic rings. The average Bonchev–Trinajstić information content (AvgIpc) is 2.90. The van der Waals surface area contributed by atoms with Crippen molar-refractivity contribution < 1.29 is 27.9 Å². The predicted molar refractivity (Wildman–Crippen MR) is 135 cm³/mol. The lowest BCUT2D eigenvalue weighted by Crippen LogP contribution is -2.56. The quantitative estimate of drug-likeness (QED) is 0.518. The molecule has 2 aromatic rings. The summed E-state index contributed by atoms with van der Waals surface area (Å²) >= 11 is 0. The highest BCUT2D eigenvalue weighted by atomic mass is 19.3. The first-order valence-corrected chi connectivity index (χ1v) is 12.5. The summed E-state index contributed by atoms with van der Waals surface area (Å²) in [6.45, 7) is 5.39. The number of hydrogen-bond acceptors (Lipinski definition) is 6. The van der Waals surface area contributed by atoms with E-state index in [4.69, 9.17) is 4.74 Å². The van der Waals surface area contributed by atoms with Crippen LogP contribution >= 0.6 is 0 Å². The molecular formula is C27H32F2N4O4. The van der Waals surface area contributed by atoms with Crippen LogP contribution in [0.2, 0.25) is 0 Å². The number of halogens is 2. The van der Waals surface area contributed by atoms with Crippen molar-refractivity contribution in [3.8, 4) is 5.75 Å². The van der Waals surface area contributed by atoms with Crippen molar-refractivity contribution in [1.29, 1.82) is 0 Å². The minimum atomic E-state index is -2.46. The Morgan fingerprint density at radius 1 is 1.19 bits per heavy atom. The van der Waals surface area contributed by atoms with Crippen molar-refractivity contribution in [2.24, 2.45) is 0 Å². The summed E-state index contributed by atoms with van der Waals surface area (Å²) in [6.07, 6.45) is -1.02. The van der Waals surface area contributed by atoms with Gasteiger partial charge in [0.15, 0.2) is 0 Å². The third-order valence-electron chi connectivity index (χ3n) is 7.01. The number of piperazine rings is 1. The smallest absolute Gasteiger partial charge is 0.263 e. The van der Waals surface area contributed by atoms with Gasteiger partial charge in [0.25, 0.3) is 12.3 Å². The molecule has 0 radical (unpaired) electrons. The largest absolute Gasteiger partial charge is 0.489 e. The molecule has 1 saturated heterocycles. The second-order valence-corrected chi connectivity index (χ2v) is 9.47. The lowest BCUT2D eigenvalue weighted by atomic mass is 10.0. The molecule has 8 nitrogen and oxygen atoms in total. The van der Waals surface area contributed by atoms with E-state index in [-0.39, 0.29) is 17.5 Å². The molecule has 10 heteroatoms. The lowest BCUT2D eigenvalue weighted by Gasteiger charge is -2.45. The van der Waals surface area contributed by atoms with Gasteiger partial charge in [0, 0.05) is 44.4 Å². The van der Waals surface area contributed by atoms with Gasteiger partial charge in [-0.3, -0.25) is 24.6 Å². The normalized spacial score (nSPS) is 17.9. The van der Waals surface area contributed by atoms with E-state index in [9.17, 15) is 23.2 Å². The maximum Gasteiger partial charge on any atom is 0.263 e. The molecule has 1 fully saturated rings. The van der Waals surface area contributed by atoms with Crippen molar-refractivity contribution >= 4 is 23.9 Å². The number of ether oxygens (including phenoxy) is 1. The first-order chi connectivity index (χ1) is 17.8. The van der Waals surface area contributed by atoms with E-state index in [0.717, 1.165) is 30.9 Å². The van der Waals surface area contributed by atoms with E-state index in [1.165, 1.54) is 17.0 Å². The van der Waals surface area contributed by atoms with E-state index in [0.29, 0.717) is 43.7 Å². The van der Waals surface area contributed by atoms with E-state index in [1.807, 2.05) is 13.0 Å². The fourth-order valence-corrected chi connectivity index (χ4v) is 5.01. The molecule has 2 unspecified atom stereocenters. The minimum Gasteiger partial charge on any atom is -0.489 e. The number of hydrogen-bond donors (Lipinski definition) is 1. The molecule has 1 N–H and O–H groups in total. The number of amides is 3. The van der Waals surface area contributed by atoms with Crippen LogP contribution in [0, 0.1) is 0 Å². The first kappa shape index (κ1) is 26.5. The zero-order chi connectivity index (χ0) is 26.5. The summed E-state index contributed by atoms with van der Waals surface area (Å²) in [6, 6.07) is 11.2. The fourth-order valence-electron chi connectivity index (χ4n) is 5.01. The molecule has 2 aromatic carbocycles. The van der Waals surface area contributed by atoms with Crippen LogP contribution in [-0.4, -0.2) is 73.4 Å². The number of carbonyl (C=O) groups excluding carboxylic acids is 3. The van der Waals surface area contributed by atoms with Gasteiger partial charge in [-0.1, -0.05) is 37.6 Å². The van der Waals surface area contributed by atoms with Gasteiger partial charge in [-0.25, -0.2) is 8.78 Å². The molecule has 2 aliphatic heterocycles. The number of nitrogens with one attached hydrogen (secondary N) is 1. The van der Waals surface area contributed by atoms with Crippen molar-refractivity contribution in [3.05, 3.63) is 59.2 Å². The van der Waals surface area contributed by atoms with Gasteiger partial charge in [0.05, 0.1) is 11.7 Å². The number of nitrogens with zero attached hydrogens (tertiary/aromatic N) is 3. The molecule has 0 saturated carbocycles. The Labute approximate surface area is 215 Å². The Bertz CT molecular complexity index is 1130. The number of benzene rings is 2. The van der Waals surface area contributed by atoms with Gasteiger partial charge < -0.3 is 14.5 Å². The van der Waals surface area contributed by atoms with Crippen molar-refractivity contribution in [1.82, 2.24) is 15.1 Å². The monoisotopic (exact) mass is 514 g/mol. The Kier molecular flexibility index (Phi) is 8.38. The predicted octanol–water partition coefficient (Wildman–Crippen LogP) is 3.22. The molecule has 0 aromatic heterocycles. The highest BCUT2D eigenvalue weighted by Gasteiger charge is 2.34. The average molecular weight is 515 g/mol. The lowest BCUT2D eigenvalue weighted by molar-refractivity contribution is -0.128. The van der Waals surface area contributed by atoms with Crippen LogP contribution in [0.3, 0.4) is 0 Å². The van der Waals surface area contributed by atoms with E-state index in [1.54, 1.807) is 31.3 Å². The summed E-state index contributed by atoms with van der Waals surface area (Å²) in [4.78, 5) is 42.1. The molecule has 4 rings (SSSR count). The van der Waals surface area contributed by atoms with Gasteiger partial charge in [0.2, 0.25) is 12.3 Å². The number of likely N-dealkylation sites (N-methyl/N-ethyl adjacent to an activating group) is 1. The second-order valence-electron chi connectivity index (χ2n) is 9.47. The number of fused-ring (bicyclic) bond motifs is 3. The van der Waals surface area contributed by atoms with E-state index < -0.39 is 18.4 Å². The molecule has 0 bridgehead atoms. The van der Waals surface area contributed by atoms with Crippen LogP contribution < -0.4 is 15.0 Å². The zero-order valence-corrected chi connectivity index (χ0v) is 21.0. The summed E-state index contributed by atoms with van der Waals surface area (Å²) < 4.78 is 31.7. The third-order valence-corrected chi connectivity index (χ3v) is 7.01. The molecular weight excluding hydrogens is 482 g/mol. The molecule has 37 heavy (non-hydrogen) atoms. The minimum absolute atomic E-state index is 0.0278. The Balaban J connectivity index is 1.42. The van der Waals surface area contributed by atoms with Gasteiger partial charge in [-0.15, -0.1) is 0 Å². The fraction of sp³-hybridized carbons (Fsp3) is 0.444. The van der Waals surface area contributed by atoms with Crippen LogP contribution in [0.25, 0.3) is 0 Å². The molecule has 2 heterocycles.